The van der Waals surface area contributed by atoms with Crippen molar-refractivity contribution in [2.75, 3.05) is 0 Å². The number of aromatic nitrogens is 1. The highest BCUT2D eigenvalue weighted by atomic mass is 16.5. The first-order valence-corrected chi connectivity index (χ1v) is 8.02. The van der Waals surface area contributed by atoms with Gasteiger partial charge in [-0.1, -0.05) is 29.4 Å². The molecule has 1 heterocycles. The molecule has 110 valence electrons. The first-order valence-electron chi connectivity index (χ1n) is 8.02. The molecule has 0 radical (unpaired) electrons. The van der Waals surface area contributed by atoms with Crippen LogP contribution in [0.25, 0.3) is 0 Å². The first-order chi connectivity index (χ1) is 10.3. The Kier molecular flexibility index (Phi) is 3.30. The average Bonchev–Trinajstić information content (AvgIpc) is 2.99. The lowest BCUT2D eigenvalue weighted by atomic mass is 9.94. The van der Waals surface area contributed by atoms with Crippen LogP contribution in [0.5, 0.6) is 0 Å². The fourth-order valence-corrected chi connectivity index (χ4v) is 4.21. The number of rotatable bonds is 3. The Hall–Kier alpha value is -1.61. The van der Waals surface area contributed by atoms with Crippen LogP contribution in [0.1, 0.15) is 35.4 Å². The number of fused-ring (bicyclic) bond motifs is 3. The lowest BCUT2D eigenvalue weighted by molar-refractivity contribution is 0.332. The second-order valence-corrected chi connectivity index (χ2v) is 6.61. The fraction of sp³-hybridized carbons (Fsp3) is 0.500. The Labute approximate surface area is 125 Å². The minimum atomic E-state index is 0.620. The third kappa shape index (κ3) is 2.51. The summed E-state index contributed by atoms with van der Waals surface area (Å²) in [4.78, 5) is 0. The molecule has 0 amide bonds. The average molecular weight is 282 g/mol. The zero-order chi connectivity index (χ0) is 14.2. The van der Waals surface area contributed by atoms with Crippen LogP contribution < -0.4 is 5.32 Å². The van der Waals surface area contributed by atoms with Crippen molar-refractivity contribution in [1.82, 2.24) is 10.5 Å². The van der Waals surface area contributed by atoms with Gasteiger partial charge in [-0.3, -0.25) is 0 Å². The van der Waals surface area contributed by atoms with E-state index in [0.29, 0.717) is 6.04 Å². The van der Waals surface area contributed by atoms with E-state index in [0.717, 1.165) is 29.8 Å². The van der Waals surface area contributed by atoms with Gasteiger partial charge in [0.15, 0.2) is 0 Å². The summed E-state index contributed by atoms with van der Waals surface area (Å²) < 4.78 is 5.16. The van der Waals surface area contributed by atoms with E-state index < -0.39 is 0 Å². The normalized spacial score (nSPS) is 27.4. The van der Waals surface area contributed by atoms with Crippen LogP contribution >= 0.6 is 0 Å². The molecular weight excluding hydrogens is 260 g/mol. The summed E-state index contributed by atoms with van der Waals surface area (Å²) in [7, 11) is 0. The SMILES string of the molecule is Cc1cc(CNC2C3CCC2Cc2ccccc2C3)no1. The van der Waals surface area contributed by atoms with Gasteiger partial charge >= 0.3 is 0 Å². The molecule has 0 saturated heterocycles. The molecule has 21 heavy (non-hydrogen) atoms. The van der Waals surface area contributed by atoms with Gasteiger partial charge < -0.3 is 9.84 Å². The van der Waals surface area contributed by atoms with Crippen LogP contribution in [-0.4, -0.2) is 11.2 Å². The van der Waals surface area contributed by atoms with Crippen LogP contribution in [0.2, 0.25) is 0 Å². The third-order valence-corrected chi connectivity index (χ3v) is 5.20. The number of nitrogens with one attached hydrogen (secondary N) is 1. The second kappa shape index (κ2) is 5.30. The van der Waals surface area contributed by atoms with Crippen LogP contribution in [0.3, 0.4) is 0 Å². The van der Waals surface area contributed by atoms with Crippen LogP contribution in [0.15, 0.2) is 34.9 Å². The highest BCUT2D eigenvalue weighted by Gasteiger charge is 2.38. The van der Waals surface area contributed by atoms with Crippen molar-refractivity contribution in [3.8, 4) is 0 Å². The molecule has 4 rings (SSSR count). The molecule has 2 aromatic rings. The largest absolute Gasteiger partial charge is 0.361 e. The highest BCUT2D eigenvalue weighted by molar-refractivity contribution is 5.30. The summed E-state index contributed by atoms with van der Waals surface area (Å²) >= 11 is 0. The van der Waals surface area contributed by atoms with Crippen molar-refractivity contribution < 1.29 is 4.52 Å². The molecule has 2 aliphatic carbocycles. The summed E-state index contributed by atoms with van der Waals surface area (Å²) in [5.74, 6) is 2.43. The minimum absolute atomic E-state index is 0.620. The summed E-state index contributed by atoms with van der Waals surface area (Å²) in [6.45, 7) is 2.77. The minimum Gasteiger partial charge on any atom is -0.361 e. The highest BCUT2D eigenvalue weighted by Crippen LogP contribution is 2.40. The molecule has 2 unspecified atom stereocenters. The quantitative estimate of drug-likeness (QED) is 0.939. The van der Waals surface area contributed by atoms with Crippen LogP contribution in [0, 0.1) is 18.8 Å². The van der Waals surface area contributed by atoms with E-state index in [1.54, 1.807) is 11.1 Å². The van der Waals surface area contributed by atoms with Crippen LogP contribution in [-0.2, 0) is 19.4 Å². The van der Waals surface area contributed by atoms with Crippen molar-refractivity contribution in [3.63, 3.8) is 0 Å². The maximum absolute atomic E-state index is 5.16. The molecule has 3 heteroatoms. The predicted octanol–water partition coefficient (Wildman–Crippen LogP) is 3.27. The van der Waals surface area contributed by atoms with Gasteiger partial charge in [0.1, 0.15) is 5.76 Å². The van der Waals surface area contributed by atoms with Gasteiger partial charge in [-0.2, -0.15) is 0 Å². The van der Waals surface area contributed by atoms with Crippen LogP contribution in [0.4, 0.5) is 0 Å². The Balaban J connectivity index is 1.50. The maximum Gasteiger partial charge on any atom is 0.133 e. The summed E-state index contributed by atoms with van der Waals surface area (Å²) in [6.07, 6.45) is 5.16. The fourth-order valence-electron chi connectivity index (χ4n) is 4.21. The number of nitrogens with zero attached hydrogens (tertiary/aromatic N) is 1. The third-order valence-electron chi connectivity index (χ3n) is 5.20. The number of hydrogen-bond donors (Lipinski definition) is 1. The van der Waals surface area contributed by atoms with E-state index in [4.69, 9.17) is 4.52 Å². The molecule has 1 aromatic carbocycles. The topological polar surface area (TPSA) is 38.1 Å². The van der Waals surface area contributed by atoms with E-state index >= 15 is 0 Å². The summed E-state index contributed by atoms with van der Waals surface area (Å²) in [5, 5.41) is 7.86. The van der Waals surface area contributed by atoms with E-state index in [2.05, 4.69) is 34.7 Å². The number of aryl methyl sites for hydroxylation is 1. The molecule has 2 aliphatic rings. The molecule has 0 spiro atoms. The maximum atomic E-state index is 5.16. The number of hydrogen-bond acceptors (Lipinski definition) is 3. The van der Waals surface area contributed by atoms with Gasteiger partial charge in [0.2, 0.25) is 0 Å². The Bertz CT molecular complexity index is 601. The van der Waals surface area contributed by atoms with E-state index in [9.17, 15) is 0 Å². The number of benzene rings is 1. The van der Waals surface area contributed by atoms with Crippen molar-refractivity contribution in [2.24, 2.45) is 11.8 Å². The second-order valence-electron chi connectivity index (χ2n) is 6.61. The standard InChI is InChI=1S/C18H22N2O/c1-12-8-17(20-21-12)11-19-18-15-6-7-16(18)10-14-5-3-2-4-13(14)9-15/h2-5,8,15-16,18-19H,6-7,9-11H2,1H3. The van der Waals surface area contributed by atoms with E-state index in [1.807, 2.05) is 13.0 Å². The molecule has 1 aromatic heterocycles. The molecule has 1 fully saturated rings. The molecule has 0 aliphatic heterocycles. The molecule has 2 atom stereocenters. The van der Waals surface area contributed by atoms with Gasteiger partial charge in [-0.15, -0.1) is 0 Å². The van der Waals surface area contributed by atoms with Crippen molar-refractivity contribution >= 4 is 0 Å². The lowest BCUT2D eigenvalue weighted by Crippen LogP contribution is -2.37. The lowest BCUT2D eigenvalue weighted by Gasteiger charge is -2.23. The Morgan fingerprint density at radius 3 is 2.38 bits per heavy atom. The smallest absolute Gasteiger partial charge is 0.133 e. The molecule has 2 bridgehead atoms. The first kappa shape index (κ1) is 13.1. The van der Waals surface area contributed by atoms with Gasteiger partial charge in [0.05, 0.1) is 5.69 Å². The Morgan fingerprint density at radius 1 is 1.14 bits per heavy atom. The van der Waals surface area contributed by atoms with E-state index in [-0.39, 0.29) is 0 Å². The zero-order valence-corrected chi connectivity index (χ0v) is 12.5. The molecule has 3 nitrogen and oxygen atoms in total. The monoisotopic (exact) mass is 282 g/mol. The molecule has 1 N–H and O–H groups in total. The predicted molar refractivity (Wildman–Crippen MR) is 81.9 cm³/mol. The van der Waals surface area contributed by atoms with Crippen molar-refractivity contribution in [3.05, 3.63) is 52.9 Å². The summed E-state index contributed by atoms with van der Waals surface area (Å²) in [6, 6.07) is 11.6. The van der Waals surface area contributed by atoms with Gasteiger partial charge in [-0.05, 0) is 55.6 Å². The van der Waals surface area contributed by atoms with E-state index in [1.165, 1.54) is 25.7 Å². The summed E-state index contributed by atoms with van der Waals surface area (Å²) in [5.41, 5.74) is 4.15. The van der Waals surface area contributed by atoms with Crippen molar-refractivity contribution in [1.29, 1.82) is 0 Å². The molecule has 1 saturated carbocycles. The molecular formula is C18H22N2O. The van der Waals surface area contributed by atoms with Crippen molar-refractivity contribution in [2.45, 2.75) is 45.2 Å². The Morgan fingerprint density at radius 2 is 1.81 bits per heavy atom. The van der Waals surface area contributed by atoms with Gasteiger partial charge in [-0.25, -0.2) is 0 Å². The van der Waals surface area contributed by atoms with Gasteiger partial charge in [0, 0.05) is 18.7 Å². The van der Waals surface area contributed by atoms with Gasteiger partial charge in [0.25, 0.3) is 0 Å². The zero-order valence-electron chi connectivity index (χ0n) is 12.5.